The molecule has 3 nitrogen and oxygen atoms in total. The number of hydrogen-bond donors (Lipinski definition) is 2. The first-order valence-corrected chi connectivity index (χ1v) is 4.54. The molecule has 0 fully saturated rings. The number of nitrogens with two attached hydrogens (primary N) is 1. The van der Waals surface area contributed by atoms with Gasteiger partial charge in [-0.15, -0.1) is 12.4 Å². The van der Waals surface area contributed by atoms with Crippen LogP contribution in [-0.4, -0.2) is 12.1 Å². The third-order valence-corrected chi connectivity index (χ3v) is 2.04. The molecule has 7 heteroatoms. The van der Waals surface area contributed by atoms with Crippen LogP contribution >= 0.6 is 12.4 Å². The molecule has 0 aliphatic carbocycles. The van der Waals surface area contributed by atoms with Gasteiger partial charge in [0.2, 0.25) is 0 Å². The van der Waals surface area contributed by atoms with Crippen LogP contribution in [0, 0.1) is 0 Å². The SMILES string of the molecule is CC(NC(=O)C(F)(F)F)c1ccc(N)cc1.Cl. The molecular weight excluding hydrogens is 257 g/mol. The van der Waals surface area contributed by atoms with Crippen molar-refractivity contribution in [3.8, 4) is 0 Å². The van der Waals surface area contributed by atoms with Crippen molar-refractivity contribution in [2.45, 2.75) is 19.1 Å². The predicted octanol–water partition coefficient (Wildman–Crippen LogP) is 2.43. The Hall–Kier alpha value is -1.43. The van der Waals surface area contributed by atoms with Gasteiger partial charge < -0.3 is 11.1 Å². The molecule has 0 aromatic heterocycles. The number of rotatable bonds is 2. The zero-order chi connectivity index (χ0) is 12.3. The molecule has 1 atom stereocenters. The van der Waals surface area contributed by atoms with E-state index in [1.165, 1.54) is 6.92 Å². The van der Waals surface area contributed by atoms with E-state index >= 15 is 0 Å². The lowest BCUT2D eigenvalue weighted by Crippen LogP contribution is -2.38. The van der Waals surface area contributed by atoms with Crippen molar-refractivity contribution >= 4 is 24.0 Å². The van der Waals surface area contributed by atoms with Gasteiger partial charge in [-0.2, -0.15) is 13.2 Å². The summed E-state index contributed by atoms with van der Waals surface area (Å²) in [4.78, 5) is 10.7. The quantitative estimate of drug-likeness (QED) is 0.810. The smallest absolute Gasteiger partial charge is 0.399 e. The summed E-state index contributed by atoms with van der Waals surface area (Å²) in [6.07, 6.45) is -4.86. The molecule has 0 bridgehead atoms. The standard InChI is InChI=1S/C10H11F3N2O.ClH/c1-6(15-9(16)10(11,12)13)7-2-4-8(14)5-3-7;/h2-6H,14H2,1H3,(H,15,16);1H. The van der Waals surface area contributed by atoms with Gasteiger partial charge in [0.1, 0.15) is 0 Å². The van der Waals surface area contributed by atoms with Crippen LogP contribution in [0.2, 0.25) is 0 Å². The highest BCUT2D eigenvalue weighted by molar-refractivity contribution is 5.85. The van der Waals surface area contributed by atoms with E-state index in [2.05, 4.69) is 0 Å². The molecule has 96 valence electrons. The first-order valence-electron chi connectivity index (χ1n) is 4.54. The number of anilines is 1. The molecule has 0 saturated heterocycles. The fraction of sp³-hybridized carbons (Fsp3) is 0.300. The largest absolute Gasteiger partial charge is 0.471 e. The average molecular weight is 269 g/mol. The van der Waals surface area contributed by atoms with Gasteiger partial charge in [0.05, 0.1) is 6.04 Å². The summed E-state index contributed by atoms with van der Waals surface area (Å²) in [5.41, 5.74) is 6.50. The first kappa shape index (κ1) is 15.6. The molecule has 0 spiro atoms. The molecule has 1 unspecified atom stereocenters. The highest BCUT2D eigenvalue weighted by Gasteiger charge is 2.39. The highest BCUT2D eigenvalue weighted by atomic mass is 35.5. The summed E-state index contributed by atoms with van der Waals surface area (Å²) >= 11 is 0. The Balaban J connectivity index is 0.00000256. The number of nitrogens with one attached hydrogen (secondary N) is 1. The minimum absolute atomic E-state index is 0. The average Bonchev–Trinajstić information content (AvgIpc) is 2.17. The third kappa shape index (κ3) is 4.52. The summed E-state index contributed by atoms with van der Waals surface area (Å²) < 4.78 is 35.9. The Morgan fingerprint density at radius 1 is 1.29 bits per heavy atom. The van der Waals surface area contributed by atoms with Gasteiger partial charge in [0.25, 0.3) is 0 Å². The zero-order valence-electron chi connectivity index (χ0n) is 8.91. The molecule has 3 N–H and O–H groups in total. The monoisotopic (exact) mass is 268 g/mol. The Morgan fingerprint density at radius 3 is 2.18 bits per heavy atom. The number of nitrogen functional groups attached to an aromatic ring is 1. The van der Waals surface area contributed by atoms with Crippen LogP contribution in [0.15, 0.2) is 24.3 Å². The lowest BCUT2D eigenvalue weighted by Gasteiger charge is -2.15. The van der Waals surface area contributed by atoms with Crippen LogP contribution < -0.4 is 11.1 Å². The van der Waals surface area contributed by atoms with Crippen molar-refractivity contribution < 1.29 is 18.0 Å². The summed E-state index contributed by atoms with van der Waals surface area (Å²) in [6.45, 7) is 1.47. The Kier molecular flexibility index (Phi) is 5.28. The van der Waals surface area contributed by atoms with Gasteiger partial charge in [-0.1, -0.05) is 12.1 Å². The number of carbonyl (C=O) groups is 1. The van der Waals surface area contributed by atoms with Crippen LogP contribution in [0.5, 0.6) is 0 Å². The van der Waals surface area contributed by atoms with E-state index in [1.807, 2.05) is 5.32 Å². The second kappa shape index (κ2) is 5.77. The van der Waals surface area contributed by atoms with E-state index < -0.39 is 18.1 Å². The molecule has 0 heterocycles. The lowest BCUT2D eigenvalue weighted by atomic mass is 10.1. The van der Waals surface area contributed by atoms with Gasteiger partial charge in [-0.3, -0.25) is 4.79 Å². The van der Waals surface area contributed by atoms with E-state index in [0.717, 1.165) is 0 Å². The van der Waals surface area contributed by atoms with E-state index in [4.69, 9.17) is 5.73 Å². The summed E-state index contributed by atoms with van der Waals surface area (Å²) in [5.74, 6) is -1.95. The molecule has 1 aromatic rings. The Morgan fingerprint density at radius 2 is 1.76 bits per heavy atom. The number of benzene rings is 1. The van der Waals surface area contributed by atoms with Crippen LogP contribution in [0.4, 0.5) is 18.9 Å². The van der Waals surface area contributed by atoms with Gasteiger partial charge in [-0.05, 0) is 24.6 Å². The summed E-state index contributed by atoms with van der Waals surface area (Å²) in [7, 11) is 0. The van der Waals surface area contributed by atoms with Crippen molar-refractivity contribution in [2.75, 3.05) is 5.73 Å². The van der Waals surface area contributed by atoms with E-state index in [0.29, 0.717) is 11.3 Å². The van der Waals surface area contributed by atoms with Gasteiger partial charge >= 0.3 is 12.1 Å². The number of alkyl halides is 3. The summed E-state index contributed by atoms with van der Waals surface area (Å²) in [6, 6.07) is 5.54. The maximum absolute atomic E-state index is 12.0. The van der Waals surface area contributed by atoms with Crippen LogP contribution in [0.1, 0.15) is 18.5 Å². The van der Waals surface area contributed by atoms with E-state index in [9.17, 15) is 18.0 Å². The minimum Gasteiger partial charge on any atom is -0.399 e. The van der Waals surface area contributed by atoms with Gasteiger partial charge in [0, 0.05) is 5.69 Å². The summed E-state index contributed by atoms with van der Waals surface area (Å²) in [5, 5.41) is 1.85. The lowest BCUT2D eigenvalue weighted by molar-refractivity contribution is -0.174. The maximum atomic E-state index is 12.0. The fourth-order valence-corrected chi connectivity index (χ4v) is 1.15. The first-order chi connectivity index (χ1) is 7.30. The van der Waals surface area contributed by atoms with Gasteiger partial charge in [0.15, 0.2) is 0 Å². The molecule has 0 aliphatic rings. The molecule has 1 rings (SSSR count). The van der Waals surface area contributed by atoms with Crippen molar-refractivity contribution in [1.29, 1.82) is 0 Å². The van der Waals surface area contributed by atoms with Gasteiger partial charge in [-0.25, -0.2) is 0 Å². The molecule has 17 heavy (non-hydrogen) atoms. The molecule has 1 amide bonds. The fourth-order valence-electron chi connectivity index (χ4n) is 1.15. The number of carbonyl (C=O) groups excluding carboxylic acids is 1. The molecule has 1 aromatic carbocycles. The van der Waals surface area contributed by atoms with Crippen molar-refractivity contribution in [1.82, 2.24) is 5.32 Å². The van der Waals surface area contributed by atoms with Crippen molar-refractivity contribution in [3.05, 3.63) is 29.8 Å². The van der Waals surface area contributed by atoms with Crippen molar-refractivity contribution in [3.63, 3.8) is 0 Å². The minimum atomic E-state index is -4.86. The van der Waals surface area contributed by atoms with E-state index in [1.54, 1.807) is 24.3 Å². The van der Waals surface area contributed by atoms with E-state index in [-0.39, 0.29) is 12.4 Å². The number of amides is 1. The molecule has 0 saturated carbocycles. The normalized spacial score (nSPS) is 12.5. The Bertz CT molecular complexity index is 378. The number of hydrogen-bond acceptors (Lipinski definition) is 2. The molecular formula is C10H12ClF3N2O. The van der Waals surface area contributed by atoms with Crippen LogP contribution in [0.25, 0.3) is 0 Å². The van der Waals surface area contributed by atoms with Crippen LogP contribution in [-0.2, 0) is 4.79 Å². The topological polar surface area (TPSA) is 55.1 Å². The molecule has 0 aliphatic heterocycles. The van der Waals surface area contributed by atoms with Crippen LogP contribution in [0.3, 0.4) is 0 Å². The zero-order valence-corrected chi connectivity index (χ0v) is 9.73. The second-order valence-electron chi connectivity index (χ2n) is 3.36. The predicted molar refractivity (Wildman–Crippen MR) is 60.7 cm³/mol. The maximum Gasteiger partial charge on any atom is 0.471 e. The molecule has 0 radical (unpaired) electrons. The highest BCUT2D eigenvalue weighted by Crippen LogP contribution is 2.19. The second-order valence-corrected chi connectivity index (χ2v) is 3.36. The Labute approximate surface area is 103 Å². The third-order valence-electron chi connectivity index (χ3n) is 2.04. The van der Waals surface area contributed by atoms with Crippen molar-refractivity contribution in [2.24, 2.45) is 0 Å². The number of halogens is 4.